The number of nitrogens with zero attached hydrogens (tertiary/aromatic N) is 2. The van der Waals surface area contributed by atoms with Gasteiger partial charge in [-0.05, 0) is 37.3 Å². The lowest BCUT2D eigenvalue weighted by Gasteiger charge is -2.20. The Morgan fingerprint density at radius 2 is 2.11 bits per heavy atom. The number of hydrogen-bond acceptors (Lipinski definition) is 4. The first-order chi connectivity index (χ1) is 9.03. The molecule has 1 aliphatic rings. The number of anilines is 1. The van der Waals surface area contributed by atoms with Gasteiger partial charge in [0, 0.05) is 12.4 Å². The van der Waals surface area contributed by atoms with Crippen LogP contribution in [0.3, 0.4) is 0 Å². The van der Waals surface area contributed by atoms with Gasteiger partial charge in [0.25, 0.3) is 0 Å². The first kappa shape index (κ1) is 12.5. The summed E-state index contributed by atoms with van der Waals surface area (Å²) in [5, 5.41) is 0. The maximum absolute atomic E-state index is 11.4. The van der Waals surface area contributed by atoms with E-state index in [1.54, 1.807) is 0 Å². The van der Waals surface area contributed by atoms with E-state index in [9.17, 15) is 8.42 Å². The van der Waals surface area contributed by atoms with Crippen molar-refractivity contribution in [1.82, 2.24) is 9.38 Å². The molecule has 0 radical (unpaired) electrons. The highest BCUT2D eigenvalue weighted by Crippen LogP contribution is 2.23. The number of hydrogen-bond donors (Lipinski definition) is 1. The highest BCUT2D eigenvalue weighted by atomic mass is 32.2. The monoisotopic (exact) mass is 279 g/mol. The van der Waals surface area contributed by atoms with Crippen LogP contribution in [-0.4, -0.2) is 29.3 Å². The fourth-order valence-electron chi connectivity index (χ4n) is 2.62. The molecule has 0 amide bonds. The molecule has 3 heterocycles. The second kappa shape index (κ2) is 4.52. The topological polar surface area (TPSA) is 77.5 Å². The van der Waals surface area contributed by atoms with Crippen LogP contribution in [0.2, 0.25) is 0 Å². The van der Waals surface area contributed by atoms with Crippen LogP contribution in [-0.2, 0) is 16.3 Å². The molecule has 0 aromatic carbocycles. The summed E-state index contributed by atoms with van der Waals surface area (Å²) in [7, 11) is -2.78. The summed E-state index contributed by atoms with van der Waals surface area (Å²) in [4.78, 5) is 4.53. The van der Waals surface area contributed by atoms with Crippen LogP contribution in [0.15, 0.2) is 24.5 Å². The standard InChI is InChI=1S/C13H17N3O2S/c14-12-2-1-5-16-9-11(15-13(12)16)8-10-3-6-19(17,18)7-4-10/h1-2,5,9-10H,3-4,6-8,14H2. The van der Waals surface area contributed by atoms with Crippen molar-refractivity contribution in [3.05, 3.63) is 30.2 Å². The largest absolute Gasteiger partial charge is 0.396 e. The molecule has 0 bridgehead atoms. The quantitative estimate of drug-likeness (QED) is 0.898. The molecule has 0 aliphatic carbocycles. The number of imidazole rings is 1. The number of pyridine rings is 1. The first-order valence-electron chi connectivity index (χ1n) is 6.46. The van der Waals surface area contributed by atoms with E-state index in [4.69, 9.17) is 5.73 Å². The van der Waals surface area contributed by atoms with Crippen molar-refractivity contribution in [1.29, 1.82) is 0 Å². The maximum atomic E-state index is 11.4. The summed E-state index contributed by atoms with van der Waals surface area (Å²) in [6, 6.07) is 3.72. The molecule has 2 N–H and O–H groups in total. The van der Waals surface area contributed by atoms with Gasteiger partial charge in [0.2, 0.25) is 0 Å². The zero-order chi connectivity index (χ0) is 13.5. The summed E-state index contributed by atoms with van der Waals surface area (Å²) >= 11 is 0. The Hall–Kier alpha value is -1.56. The lowest BCUT2D eigenvalue weighted by Crippen LogP contribution is -2.24. The molecule has 2 aromatic rings. The molecule has 5 nitrogen and oxygen atoms in total. The predicted molar refractivity (Wildman–Crippen MR) is 74.7 cm³/mol. The Morgan fingerprint density at radius 3 is 2.79 bits per heavy atom. The van der Waals surface area contributed by atoms with Crippen LogP contribution in [0.5, 0.6) is 0 Å². The van der Waals surface area contributed by atoms with Crippen LogP contribution in [0.25, 0.3) is 5.65 Å². The van der Waals surface area contributed by atoms with Gasteiger partial charge in [0.15, 0.2) is 5.65 Å². The van der Waals surface area contributed by atoms with Crippen LogP contribution in [0, 0.1) is 5.92 Å². The number of nitrogen functional groups attached to an aromatic ring is 1. The lowest BCUT2D eigenvalue weighted by atomic mass is 9.97. The molecule has 2 aromatic heterocycles. The molecule has 6 heteroatoms. The second-order valence-electron chi connectivity index (χ2n) is 5.23. The third-order valence-electron chi connectivity index (χ3n) is 3.73. The van der Waals surface area contributed by atoms with E-state index in [-0.39, 0.29) is 0 Å². The molecular weight excluding hydrogens is 262 g/mol. The average molecular weight is 279 g/mol. The number of sulfone groups is 1. The summed E-state index contributed by atoms with van der Waals surface area (Å²) in [5.74, 6) is 1.04. The molecule has 0 saturated carbocycles. The smallest absolute Gasteiger partial charge is 0.160 e. The second-order valence-corrected chi connectivity index (χ2v) is 7.53. The molecule has 0 atom stereocenters. The molecule has 1 aliphatic heterocycles. The zero-order valence-electron chi connectivity index (χ0n) is 10.6. The van der Waals surface area contributed by atoms with Gasteiger partial charge in [0.05, 0.1) is 22.9 Å². The van der Waals surface area contributed by atoms with Crippen molar-refractivity contribution in [2.24, 2.45) is 5.92 Å². The van der Waals surface area contributed by atoms with Gasteiger partial charge in [-0.15, -0.1) is 0 Å². The van der Waals surface area contributed by atoms with Gasteiger partial charge in [0.1, 0.15) is 9.84 Å². The molecule has 19 heavy (non-hydrogen) atoms. The van der Waals surface area contributed by atoms with Gasteiger partial charge < -0.3 is 10.1 Å². The normalized spacial score (nSPS) is 19.8. The molecule has 1 saturated heterocycles. The molecule has 0 unspecified atom stereocenters. The minimum absolute atomic E-state index is 0.313. The molecule has 3 rings (SSSR count). The van der Waals surface area contributed by atoms with E-state index in [0.717, 1.165) is 30.6 Å². The van der Waals surface area contributed by atoms with Gasteiger partial charge in [-0.25, -0.2) is 13.4 Å². The number of aromatic nitrogens is 2. The van der Waals surface area contributed by atoms with Crippen molar-refractivity contribution in [3.8, 4) is 0 Å². The van der Waals surface area contributed by atoms with Gasteiger partial charge in [-0.2, -0.15) is 0 Å². The van der Waals surface area contributed by atoms with Crippen molar-refractivity contribution >= 4 is 21.2 Å². The van der Waals surface area contributed by atoms with Crippen LogP contribution in [0.1, 0.15) is 18.5 Å². The van der Waals surface area contributed by atoms with E-state index in [1.807, 2.05) is 28.9 Å². The Labute approximate surface area is 112 Å². The third kappa shape index (κ3) is 2.58. The number of fused-ring (bicyclic) bond motifs is 1. The molecule has 102 valence electrons. The fourth-order valence-corrected chi connectivity index (χ4v) is 4.21. The van der Waals surface area contributed by atoms with E-state index >= 15 is 0 Å². The minimum Gasteiger partial charge on any atom is -0.396 e. The van der Waals surface area contributed by atoms with Gasteiger partial charge in [-0.1, -0.05) is 0 Å². The third-order valence-corrected chi connectivity index (χ3v) is 5.45. The van der Waals surface area contributed by atoms with Gasteiger partial charge in [-0.3, -0.25) is 0 Å². The van der Waals surface area contributed by atoms with Crippen molar-refractivity contribution < 1.29 is 8.42 Å². The van der Waals surface area contributed by atoms with Crippen molar-refractivity contribution in [2.75, 3.05) is 17.2 Å². The van der Waals surface area contributed by atoms with Gasteiger partial charge >= 0.3 is 0 Å². The average Bonchev–Trinajstić information content (AvgIpc) is 2.76. The van der Waals surface area contributed by atoms with Crippen LogP contribution in [0.4, 0.5) is 5.69 Å². The summed E-state index contributed by atoms with van der Waals surface area (Å²) in [5.41, 5.74) is 8.31. The minimum atomic E-state index is -2.78. The summed E-state index contributed by atoms with van der Waals surface area (Å²) < 4.78 is 24.7. The fraction of sp³-hybridized carbons (Fsp3) is 0.462. The molecular formula is C13H17N3O2S. The molecule has 0 spiro atoms. The first-order valence-corrected chi connectivity index (χ1v) is 8.28. The summed E-state index contributed by atoms with van der Waals surface area (Å²) in [6.07, 6.45) is 6.22. The highest BCUT2D eigenvalue weighted by molar-refractivity contribution is 7.91. The predicted octanol–water partition coefficient (Wildman–Crippen LogP) is 1.28. The lowest BCUT2D eigenvalue weighted by molar-refractivity contribution is 0.459. The summed E-state index contributed by atoms with van der Waals surface area (Å²) in [6.45, 7) is 0. The van der Waals surface area contributed by atoms with E-state index in [1.165, 1.54) is 0 Å². The number of nitrogens with two attached hydrogens (primary N) is 1. The Balaban J connectivity index is 1.77. The van der Waals surface area contributed by atoms with Crippen molar-refractivity contribution in [3.63, 3.8) is 0 Å². The van der Waals surface area contributed by atoms with E-state index in [0.29, 0.717) is 23.1 Å². The SMILES string of the molecule is Nc1cccn2cc(CC3CCS(=O)(=O)CC3)nc12. The highest BCUT2D eigenvalue weighted by Gasteiger charge is 2.24. The van der Waals surface area contributed by atoms with E-state index in [2.05, 4.69) is 4.98 Å². The van der Waals surface area contributed by atoms with Crippen LogP contribution >= 0.6 is 0 Å². The Kier molecular flexibility index (Phi) is 2.97. The van der Waals surface area contributed by atoms with Crippen molar-refractivity contribution in [2.45, 2.75) is 19.3 Å². The zero-order valence-corrected chi connectivity index (χ0v) is 11.4. The Morgan fingerprint density at radius 1 is 1.37 bits per heavy atom. The Bertz CT molecular complexity index is 692. The molecule has 1 fully saturated rings. The van der Waals surface area contributed by atoms with Crippen LogP contribution < -0.4 is 5.73 Å². The maximum Gasteiger partial charge on any atom is 0.160 e. The number of rotatable bonds is 2. The van der Waals surface area contributed by atoms with E-state index < -0.39 is 9.84 Å².